The number of nitrogens with zero attached hydrogens (tertiary/aromatic N) is 2. The van der Waals surface area contributed by atoms with E-state index in [2.05, 4.69) is 9.97 Å². The largest absolute Gasteiger partial charge is 0.493 e. The van der Waals surface area contributed by atoms with E-state index in [0.29, 0.717) is 19.5 Å². The van der Waals surface area contributed by atoms with Crippen LogP contribution >= 0.6 is 0 Å². The molecule has 0 aromatic carbocycles. The zero-order chi connectivity index (χ0) is 16.7. The molecule has 4 N–H and O–H groups in total. The van der Waals surface area contributed by atoms with Crippen LogP contribution in [-0.2, 0) is 0 Å². The van der Waals surface area contributed by atoms with Crippen molar-refractivity contribution < 1.29 is 19.0 Å². The molecule has 1 fully saturated rings. The van der Waals surface area contributed by atoms with E-state index in [4.69, 9.17) is 15.6 Å². The van der Waals surface area contributed by atoms with E-state index in [1.54, 1.807) is 4.90 Å². The Morgan fingerprint density at radius 1 is 1.61 bits per heavy atom. The Bertz CT molecular complexity index is 851. The molecule has 0 saturated carbocycles. The van der Waals surface area contributed by atoms with E-state index in [1.165, 1.54) is 7.11 Å². The number of aromatic nitrogens is 2. The lowest BCUT2D eigenvalue weighted by Gasteiger charge is -2.19. The average molecular weight is 322 g/mol. The van der Waals surface area contributed by atoms with E-state index in [9.17, 15) is 14.0 Å². The highest BCUT2D eigenvalue weighted by molar-refractivity contribution is 5.94. The number of carboxylic acid groups (broad SMARTS) is 1. The van der Waals surface area contributed by atoms with E-state index < -0.39 is 22.8 Å². The molecule has 0 amide bonds. The van der Waals surface area contributed by atoms with Crippen molar-refractivity contribution >= 4 is 22.8 Å². The third-order valence-corrected chi connectivity index (χ3v) is 3.86. The molecule has 0 aliphatic carbocycles. The van der Waals surface area contributed by atoms with Crippen LogP contribution < -0.4 is 20.8 Å². The van der Waals surface area contributed by atoms with E-state index in [0.717, 1.165) is 6.20 Å². The second-order valence-corrected chi connectivity index (χ2v) is 5.34. The molecule has 3 rings (SSSR count). The van der Waals surface area contributed by atoms with Crippen molar-refractivity contribution in [2.75, 3.05) is 25.1 Å². The summed E-state index contributed by atoms with van der Waals surface area (Å²) in [4.78, 5) is 31.8. The maximum atomic E-state index is 14.7. The topological polar surface area (TPSA) is 122 Å². The maximum absolute atomic E-state index is 14.7. The molecule has 1 unspecified atom stereocenters. The summed E-state index contributed by atoms with van der Waals surface area (Å²) in [5.41, 5.74) is 4.54. The summed E-state index contributed by atoms with van der Waals surface area (Å²) in [6.07, 6.45) is 1.74. The lowest BCUT2D eigenvalue weighted by atomic mass is 10.1. The summed E-state index contributed by atoms with van der Waals surface area (Å²) >= 11 is 0. The molecule has 23 heavy (non-hydrogen) atoms. The van der Waals surface area contributed by atoms with Gasteiger partial charge in [-0.25, -0.2) is 9.78 Å². The first-order chi connectivity index (χ1) is 10.9. The minimum Gasteiger partial charge on any atom is -0.493 e. The lowest BCUT2D eigenvalue weighted by molar-refractivity contribution is 0.0695. The van der Waals surface area contributed by atoms with Gasteiger partial charge < -0.3 is 25.5 Å². The van der Waals surface area contributed by atoms with Crippen LogP contribution in [0.15, 0.2) is 11.0 Å². The fraction of sp³-hybridized carbons (Fsp3) is 0.357. The first-order valence-corrected chi connectivity index (χ1v) is 6.96. The molecule has 8 nitrogen and oxygen atoms in total. The third kappa shape index (κ3) is 2.38. The van der Waals surface area contributed by atoms with Crippen LogP contribution in [0.25, 0.3) is 11.0 Å². The number of carbonyl (C=O) groups is 1. The molecule has 1 aliphatic rings. The van der Waals surface area contributed by atoms with Gasteiger partial charge in [0, 0.05) is 25.3 Å². The van der Waals surface area contributed by atoms with Gasteiger partial charge in [0.25, 0.3) is 0 Å². The fourth-order valence-electron chi connectivity index (χ4n) is 2.73. The number of nitrogens with one attached hydrogen (secondary N) is 1. The predicted molar refractivity (Wildman–Crippen MR) is 80.6 cm³/mol. The SMILES string of the molecule is COc1c(F)c(N2CCC(N)C2)nc2[nH]cc(C(=O)O)c(=O)c12. The summed E-state index contributed by atoms with van der Waals surface area (Å²) in [6, 6.07) is -0.0775. The number of ether oxygens (including phenoxy) is 1. The van der Waals surface area contributed by atoms with Crippen LogP contribution in [0.4, 0.5) is 10.2 Å². The summed E-state index contributed by atoms with van der Waals surface area (Å²) in [7, 11) is 1.21. The molecule has 1 atom stereocenters. The quantitative estimate of drug-likeness (QED) is 0.743. The molecule has 0 bridgehead atoms. The van der Waals surface area contributed by atoms with Gasteiger partial charge in [-0.3, -0.25) is 4.79 Å². The molecule has 2 aromatic heterocycles. The predicted octanol–water partition coefficient (Wildman–Crippen LogP) is 0.306. The zero-order valence-electron chi connectivity index (χ0n) is 12.3. The van der Waals surface area contributed by atoms with Gasteiger partial charge >= 0.3 is 5.97 Å². The second-order valence-electron chi connectivity index (χ2n) is 5.34. The number of halogens is 1. The molecule has 1 aliphatic heterocycles. The van der Waals surface area contributed by atoms with Crippen LogP contribution in [-0.4, -0.2) is 47.3 Å². The number of hydrogen-bond donors (Lipinski definition) is 3. The van der Waals surface area contributed by atoms with Gasteiger partial charge in [-0.15, -0.1) is 0 Å². The Hall–Kier alpha value is -2.68. The smallest absolute Gasteiger partial charge is 0.341 e. The molecular formula is C14H15FN4O4. The first kappa shape index (κ1) is 15.2. The number of hydrogen-bond acceptors (Lipinski definition) is 6. The van der Waals surface area contributed by atoms with E-state index in [-0.39, 0.29) is 28.6 Å². The molecule has 0 spiro atoms. The van der Waals surface area contributed by atoms with Crippen LogP contribution in [0.2, 0.25) is 0 Å². The molecule has 3 heterocycles. The number of nitrogens with two attached hydrogens (primary N) is 1. The number of aromatic amines is 1. The highest BCUT2D eigenvalue weighted by Gasteiger charge is 2.28. The number of fused-ring (bicyclic) bond motifs is 1. The Labute approximate surface area is 129 Å². The van der Waals surface area contributed by atoms with E-state index in [1.807, 2.05) is 0 Å². The lowest BCUT2D eigenvalue weighted by Crippen LogP contribution is -2.28. The molecule has 122 valence electrons. The van der Waals surface area contributed by atoms with Crippen LogP contribution in [0, 0.1) is 5.82 Å². The van der Waals surface area contributed by atoms with Crippen molar-refractivity contribution in [3.05, 3.63) is 27.8 Å². The number of carboxylic acids is 1. The standard InChI is InChI=1S/C14H15FN4O4/c1-23-11-8-10(20)7(14(21)22)4-17-12(8)18-13(9(11)15)19-3-2-6(16)5-19/h4,6H,2-3,5,16H2,1H3,(H,21,22)(H,17,18,20). The Balaban J connectivity index is 2.28. The zero-order valence-corrected chi connectivity index (χ0v) is 12.3. The minimum atomic E-state index is -1.41. The molecule has 0 radical (unpaired) electrons. The summed E-state index contributed by atoms with van der Waals surface area (Å²) in [5.74, 6) is -2.51. The Morgan fingerprint density at radius 3 is 2.91 bits per heavy atom. The van der Waals surface area contributed by atoms with Crippen molar-refractivity contribution in [2.45, 2.75) is 12.5 Å². The minimum absolute atomic E-state index is 0.0287. The number of rotatable bonds is 3. The average Bonchev–Trinajstić information content (AvgIpc) is 2.93. The van der Waals surface area contributed by atoms with Gasteiger partial charge in [0.1, 0.15) is 16.6 Å². The number of H-pyrrole nitrogens is 1. The first-order valence-electron chi connectivity index (χ1n) is 6.96. The van der Waals surface area contributed by atoms with Gasteiger partial charge in [-0.2, -0.15) is 4.39 Å². The summed E-state index contributed by atoms with van der Waals surface area (Å²) in [6.45, 7) is 0.979. The number of anilines is 1. The molecule has 2 aromatic rings. The number of methoxy groups -OCH3 is 1. The second kappa shape index (κ2) is 5.51. The highest BCUT2D eigenvalue weighted by Crippen LogP contribution is 2.32. The van der Waals surface area contributed by atoms with Gasteiger partial charge in [0.2, 0.25) is 11.2 Å². The molecule has 1 saturated heterocycles. The molecular weight excluding hydrogens is 307 g/mol. The Morgan fingerprint density at radius 2 is 2.35 bits per heavy atom. The van der Waals surface area contributed by atoms with Crippen molar-refractivity contribution in [3.63, 3.8) is 0 Å². The van der Waals surface area contributed by atoms with Gasteiger partial charge in [-0.1, -0.05) is 0 Å². The Kier molecular flexibility index (Phi) is 3.64. The summed E-state index contributed by atoms with van der Waals surface area (Å²) in [5, 5.41) is 8.79. The van der Waals surface area contributed by atoms with Crippen LogP contribution in [0.5, 0.6) is 5.75 Å². The number of aromatic carboxylic acids is 1. The third-order valence-electron chi connectivity index (χ3n) is 3.86. The van der Waals surface area contributed by atoms with Gasteiger partial charge in [0.05, 0.1) is 7.11 Å². The fourth-order valence-corrected chi connectivity index (χ4v) is 2.73. The molecule has 9 heteroatoms. The van der Waals surface area contributed by atoms with Crippen LogP contribution in [0.1, 0.15) is 16.8 Å². The number of pyridine rings is 2. The van der Waals surface area contributed by atoms with E-state index >= 15 is 0 Å². The van der Waals surface area contributed by atoms with Gasteiger partial charge in [0.15, 0.2) is 11.6 Å². The summed E-state index contributed by atoms with van der Waals surface area (Å²) < 4.78 is 19.7. The van der Waals surface area contributed by atoms with Crippen LogP contribution in [0.3, 0.4) is 0 Å². The van der Waals surface area contributed by atoms with Crippen molar-refractivity contribution in [3.8, 4) is 5.75 Å². The van der Waals surface area contributed by atoms with Crippen molar-refractivity contribution in [1.82, 2.24) is 9.97 Å². The highest BCUT2D eigenvalue weighted by atomic mass is 19.1. The normalized spacial score (nSPS) is 17.7. The monoisotopic (exact) mass is 322 g/mol. The van der Waals surface area contributed by atoms with Crippen molar-refractivity contribution in [1.29, 1.82) is 0 Å². The maximum Gasteiger partial charge on any atom is 0.341 e. The van der Waals surface area contributed by atoms with Gasteiger partial charge in [-0.05, 0) is 6.42 Å². The van der Waals surface area contributed by atoms with Crippen molar-refractivity contribution in [2.24, 2.45) is 5.73 Å².